The number of nitrogens with two attached hydrogens (primary N) is 1. The van der Waals surface area contributed by atoms with E-state index in [0.29, 0.717) is 5.57 Å². The summed E-state index contributed by atoms with van der Waals surface area (Å²) in [5.74, 6) is -0.496. The van der Waals surface area contributed by atoms with Gasteiger partial charge in [-0.1, -0.05) is 6.58 Å². The molecule has 2 N–H and O–H groups in total. The zero-order valence-corrected chi connectivity index (χ0v) is 11.5. The number of carbonyl (C=O) groups is 1. The molecule has 1 rings (SSSR count). The van der Waals surface area contributed by atoms with Crippen molar-refractivity contribution < 1.29 is 22.7 Å². The minimum absolute atomic E-state index is 0.00437. The van der Waals surface area contributed by atoms with Crippen molar-refractivity contribution in [2.45, 2.75) is 11.8 Å². The second-order valence-corrected chi connectivity index (χ2v) is 5.50. The van der Waals surface area contributed by atoms with Gasteiger partial charge in [0.1, 0.15) is 17.9 Å². The van der Waals surface area contributed by atoms with Crippen molar-refractivity contribution in [2.24, 2.45) is 5.14 Å². The maximum atomic E-state index is 11.8. The first-order valence-corrected chi connectivity index (χ1v) is 6.82. The van der Waals surface area contributed by atoms with Crippen LogP contribution in [0.15, 0.2) is 35.2 Å². The van der Waals surface area contributed by atoms with E-state index in [2.05, 4.69) is 6.58 Å². The third kappa shape index (κ3) is 4.08. The third-order valence-electron chi connectivity index (χ3n) is 2.17. The van der Waals surface area contributed by atoms with Gasteiger partial charge in [-0.25, -0.2) is 18.4 Å². The van der Waals surface area contributed by atoms with Gasteiger partial charge < -0.3 is 9.47 Å². The lowest BCUT2D eigenvalue weighted by molar-refractivity contribution is 0.0536. The summed E-state index contributed by atoms with van der Waals surface area (Å²) in [4.78, 5) is 11.6. The van der Waals surface area contributed by atoms with E-state index in [1.165, 1.54) is 19.2 Å². The van der Waals surface area contributed by atoms with Gasteiger partial charge in [-0.05, 0) is 30.7 Å². The number of primary sulfonamides is 1. The van der Waals surface area contributed by atoms with Gasteiger partial charge in [0.15, 0.2) is 0 Å². The van der Waals surface area contributed by atoms with Crippen molar-refractivity contribution in [1.82, 2.24) is 0 Å². The molecule has 0 aliphatic heterocycles. The molecule has 7 heteroatoms. The lowest BCUT2D eigenvalue weighted by Crippen LogP contribution is -2.14. The number of methoxy groups -OCH3 is 1. The van der Waals surface area contributed by atoms with Crippen LogP contribution in [0.4, 0.5) is 0 Å². The zero-order valence-electron chi connectivity index (χ0n) is 10.7. The molecular formula is C12H15NO5S. The Morgan fingerprint density at radius 1 is 1.42 bits per heavy atom. The first kappa shape index (κ1) is 15.2. The number of hydrogen-bond donors (Lipinski definition) is 1. The van der Waals surface area contributed by atoms with E-state index in [1.54, 1.807) is 6.92 Å². The highest BCUT2D eigenvalue weighted by atomic mass is 32.2. The first-order chi connectivity index (χ1) is 8.75. The highest BCUT2D eigenvalue weighted by Crippen LogP contribution is 2.22. The van der Waals surface area contributed by atoms with Crippen LogP contribution in [0.25, 0.3) is 0 Å². The standard InChI is InChI=1S/C12H15NO5S/c1-8(2)7-18-12(14)10-6-9(19(13,15)16)4-5-11(10)17-3/h4-6H,1,7H2,2-3H3,(H2,13,15,16). The molecule has 0 saturated carbocycles. The second-order valence-electron chi connectivity index (χ2n) is 3.94. The van der Waals surface area contributed by atoms with Gasteiger partial charge >= 0.3 is 5.97 Å². The normalized spacial score (nSPS) is 10.9. The number of rotatable bonds is 5. The second kappa shape index (κ2) is 5.85. The van der Waals surface area contributed by atoms with Gasteiger partial charge in [0.05, 0.1) is 12.0 Å². The Kier molecular flexibility index (Phi) is 4.68. The molecule has 0 atom stereocenters. The largest absolute Gasteiger partial charge is 0.496 e. The van der Waals surface area contributed by atoms with Crippen molar-refractivity contribution >= 4 is 16.0 Å². The maximum Gasteiger partial charge on any atom is 0.342 e. The molecule has 0 spiro atoms. The maximum absolute atomic E-state index is 11.8. The van der Waals surface area contributed by atoms with Crippen molar-refractivity contribution in [3.63, 3.8) is 0 Å². The van der Waals surface area contributed by atoms with Crippen LogP contribution in [0.3, 0.4) is 0 Å². The molecular weight excluding hydrogens is 270 g/mol. The summed E-state index contributed by atoms with van der Waals surface area (Å²) in [6, 6.07) is 3.72. The fourth-order valence-electron chi connectivity index (χ4n) is 1.29. The van der Waals surface area contributed by atoms with Gasteiger partial charge in [0, 0.05) is 0 Å². The summed E-state index contributed by atoms with van der Waals surface area (Å²) in [5, 5.41) is 5.00. The molecule has 0 aromatic heterocycles. The van der Waals surface area contributed by atoms with E-state index in [9.17, 15) is 13.2 Å². The van der Waals surface area contributed by atoms with Gasteiger partial charge in [0.25, 0.3) is 0 Å². The van der Waals surface area contributed by atoms with Crippen LogP contribution >= 0.6 is 0 Å². The highest BCUT2D eigenvalue weighted by molar-refractivity contribution is 7.89. The van der Waals surface area contributed by atoms with Crippen LogP contribution in [0.2, 0.25) is 0 Å². The van der Waals surface area contributed by atoms with E-state index >= 15 is 0 Å². The van der Waals surface area contributed by atoms with E-state index < -0.39 is 16.0 Å². The third-order valence-corrected chi connectivity index (χ3v) is 3.08. The minimum atomic E-state index is -3.90. The van der Waals surface area contributed by atoms with Crippen molar-refractivity contribution in [3.05, 3.63) is 35.9 Å². The summed E-state index contributed by atoms with van der Waals surface area (Å²) < 4.78 is 32.4. The van der Waals surface area contributed by atoms with Crippen LogP contribution in [-0.2, 0) is 14.8 Å². The predicted octanol–water partition coefficient (Wildman–Crippen LogP) is 1.08. The Balaban J connectivity index is 3.16. The molecule has 0 radical (unpaired) electrons. The van der Waals surface area contributed by atoms with Crippen molar-refractivity contribution in [3.8, 4) is 5.75 Å². The van der Waals surface area contributed by atoms with Gasteiger partial charge in [-0.2, -0.15) is 0 Å². The van der Waals surface area contributed by atoms with Crippen molar-refractivity contribution in [1.29, 1.82) is 0 Å². The lowest BCUT2D eigenvalue weighted by Gasteiger charge is -2.10. The van der Waals surface area contributed by atoms with Gasteiger partial charge in [-0.3, -0.25) is 0 Å². The number of hydrogen-bond acceptors (Lipinski definition) is 5. The average Bonchev–Trinajstić information content (AvgIpc) is 2.33. The molecule has 0 unspecified atom stereocenters. The van der Waals surface area contributed by atoms with E-state index in [1.807, 2.05) is 0 Å². The Labute approximate surface area is 111 Å². The Morgan fingerprint density at radius 3 is 2.53 bits per heavy atom. The fourth-order valence-corrected chi connectivity index (χ4v) is 1.83. The van der Waals surface area contributed by atoms with E-state index in [4.69, 9.17) is 14.6 Å². The summed E-state index contributed by atoms with van der Waals surface area (Å²) >= 11 is 0. The van der Waals surface area contributed by atoms with E-state index in [-0.39, 0.29) is 22.8 Å². The quantitative estimate of drug-likeness (QED) is 0.645. The number of sulfonamides is 1. The molecule has 19 heavy (non-hydrogen) atoms. The molecule has 0 fully saturated rings. The molecule has 0 amide bonds. The summed E-state index contributed by atoms with van der Waals surface area (Å²) in [6.07, 6.45) is 0. The lowest BCUT2D eigenvalue weighted by atomic mass is 10.2. The number of esters is 1. The number of benzene rings is 1. The topological polar surface area (TPSA) is 95.7 Å². The Bertz CT molecular complexity index is 607. The van der Waals surface area contributed by atoms with Crippen LogP contribution in [-0.4, -0.2) is 28.1 Å². The molecule has 0 heterocycles. The molecule has 6 nitrogen and oxygen atoms in total. The summed E-state index contributed by atoms with van der Waals surface area (Å²) in [5.41, 5.74) is 0.658. The molecule has 1 aromatic carbocycles. The monoisotopic (exact) mass is 285 g/mol. The summed E-state index contributed by atoms with van der Waals surface area (Å²) in [7, 11) is -2.53. The average molecular weight is 285 g/mol. The fraction of sp³-hybridized carbons (Fsp3) is 0.250. The number of ether oxygens (including phenoxy) is 2. The van der Waals surface area contributed by atoms with Crippen LogP contribution in [0, 0.1) is 0 Å². The summed E-state index contributed by atoms with van der Waals surface area (Å²) in [6.45, 7) is 5.34. The Morgan fingerprint density at radius 2 is 2.05 bits per heavy atom. The van der Waals surface area contributed by atoms with Gasteiger partial charge in [0.2, 0.25) is 10.0 Å². The molecule has 1 aromatic rings. The van der Waals surface area contributed by atoms with Crippen molar-refractivity contribution in [2.75, 3.05) is 13.7 Å². The van der Waals surface area contributed by atoms with Gasteiger partial charge in [-0.15, -0.1) is 0 Å². The minimum Gasteiger partial charge on any atom is -0.496 e. The molecule has 0 saturated heterocycles. The molecule has 0 aliphatic rings. The SMILES string of the molecule is C=C(C)COC(=O)c1cc(S(N)(=O)=O)ccc1OC. The molecule has 0 bridgehead atoms. The van der Waals surface area contributed by atoms with Crippen LogP contribution in [0.5, 0.6) is 5.75 Å². The zero-order chi connectivity index (χ0) is 14.6. The Hall–Kier alpha value is -1.86. The molecule has 104 valence electrons. The van der Waals surface area contributed by atoms with Crippen LogP contribution < -0.4 is 9.88 Å². The van der Waals surface area contributed by atoms with Crippen LogP contribution in [0.1, 0.15) is 17.3 Å². The number of carbonyl (C=O) groups excluding carboxylic acids is 1. The van der Waals surface area contributed by atoms with E-state index in [0.717, 1.165) is 6.07 Å². The smallest absolute Gasteiger partial charge is 0.342 e. The molecule has 0 aliphatic carbocycles. The first-order valence-electron chi connectivity index (χ1n) is 5.28. The predicted molar refractivity (Wildman–Crippen MR) is 69.5 cm³/mol. The highest BCUT2D eigenvalue weighted by Gasteiger charge is 2.18.